The first-order valence-corrected chi connectivity index (χ1v) is 16.6. The lowest BCUT2D eigenvalue weighted by Gasteiger charge is -2.31. The SMILES string of the molecule is CCCCCCCCCCCC1CCN(CCOc2ccc(-c3ccc(C(=O)Oc4c(F)c(F)c(F)c(F)c4F)cc3)cc2)CC1. The molecular weight excluding hydrogens is 601 g/mol. The maximum atomic E-state index is 13.9. The van der Waals surface area contributed by atoms with Crippen LogP contribution in [0.5, 0.6) is 11.5 Å². The van der Waals surface area contributed by atoms with Gasteiger partial charge in [0.2, 0.25) is 34.8 Å². The van der Waals surface area contributed by atoms with Crippen LogP contribution in [0.15, 0.2) is 48.5 Å². The Labute approximate surface area is 268 Å². The molecule has 0 saturated carbocycles. The molecule has 1 aliphatic heterocycles. The molecule has 0 aromatic heterocycles. The van der Waals surface area contributed by atoms with Crippen molar-refractivity contribution < 1.29 is 36.2 Å². The van der Waals surface area contributed by atoms with Crippen LogP contribution in [0, 0.1) is 35.0 Å². The molecule has 1 aliphatic rings. The average Bonchev–Trinajstić information content (AvgIpc) is 3.08. The Morgan fingerprint density at radius 2 is 1.20 bits per heavy atom. The fourth-order valence-electron chi connectivity index (χ4n) is 5.90. The molecule has 0 amide bonds. The van der Waals surface area contributed by atoms with E-state index in [9.17, 15) is 26.7 Å². The average molecular weight is 646 g/mol. The monoisotopic (exact) mass is 645 g/mol. The number of piperidine rings is 1. The lowest BCUT2D eigenvalue weighted by atomic mass is 9.91. The summed E-state index contributed by atoms with van der Waals surface area (Å²) < 4.78 is 78.3. The van der Waals surface area contributed by atoms with Gasteiger partial charge in [0.05, 0.1) is 5.56 Å². The van der Waals surface area contributed by atoms with Crippen LogP contribution in [-0.4, -0.2) is 37.1 Å². The van der Waals surface area contributed by atoms with Crippen LogP contribution in [0.1, 0.15) is 94.3 Å². The topological polar surface area (TPSA) is 38.8 Å². The van der Waals surface area contributed by atoms with Gasteiger partial charge in [0.1, 0.15) is 12.4 Å². The summed E-state index contributed by atoms with van der Waals surface area (Å²) in [5.74, 6) is -12.5. The van der Waals surface area contributed by atoms with Gasteiger partial charge in [0.15, 0.2) is 0 Å². The summed E-state index contributed by atoms with van der Waals surface area (Å²) in [7, 11) is 0. The van der Waals surface area contributed by atoms with E-state index in [1.807, 2.05) is 24.3 Å². The Morgan fingerprint density at radius 3 is 1.76 bits per heavy atom. The minimum atomic E-state index is -2.33. The Bertz CT molecular complexity index is 1360. The number of rotatable bonds is 17. The summed E-state index contributed by atoms with van der Waals surface area (Å²) in [6, 6.07) is 13.3. The van der Waals surface area contributed by atoms with E-state index >= 15 is 0 Å². The van der Waals surface area contributed by atoms with E-state index in [1.54, 1.807) is 12.1 Å². The molecule has 4 rings (SSSR count). The van der Waals surface area contributed by atoms with E-state index < -0.39 is 40.8 Å². The van der Waals surface area contributed by atoms with Gasteiger partial charge in [-0.05, 0) is 67.2 Å². The van der Waals surface area contributed by atoms with Crippen LogP contribution in [0.2, 0.25) is 0 Å². The fraction of sp³-hybridized carbons (Fsp3) is 0.486. The standard InChI is InChI=1S/C37H44F5NO3/c1-2-3-4-5-6-7-8-9-10-11-26-20-22-43(23-21-26)24-25-45-30-18-16-28(17-19-30)27-12-14-29(15-13-27)37(44)46-36-34(41)32(39)31(38)33(40)35(36)42/h12-19,26H,2-11,20-25H2,1H3. The summed E-state index contributed by atoms with van der Waals surface area (Å²) in [4.78, 5) is 14.8. The summed E-state index contributed by atoms with van der Waals surface area (Å²) in [5.41, 5.74) is 1.45. The van der Waals surface area contributed by atoms with Crippen molar-refractivity contribution in [2.75, 3.05) is 26.2 Å². The van der Waals surface area contributed by atoms with E-state index in [-0.39, 0.29) is 5.56 Å². The second-order valence-electron chi connectivity index (χ2n) is 12.1. The minimum absolute atomic E-state index is 0.125. The van der Waals surface area contributed by atoms with Gasteiger partial charge < -0.3 is 9.47 Å². The molecule has 1 saturated heterocycles. The van der Waals surface area contributed by atoms with Gasteiger partial charge in [-0.1, -0.05) is 95.4 Å². The minimum Gasteiger partial charge on any atom is -0.492 e. The van der Waals surface area contributed by atoms with Crippen molar-refractivity contribution in [3.63, 3.8) is 0 Å². The summed E-state index contributed by atoms with van der Waals surface area (Å²) in [6.45, 7) is 5.99. The third-order valence-corrected chi connectivity index (χ3v) is 8.77. The van der Waals surface area contributed by atoms with E-state index in [4.69, 9.17) is 4.74 Å². The molecule has 4 nitrogen and oxygen atoms in total. The maximum Gasteiger partial charge on any atom is 0.343 e. The molecule has 1 fully saturated rings. The Morgan fingerprint density at radius 1 is 0.696 bits per heavy atom. The summed E-state index contributed by atoms with van der Waals surface area (Å²) >= 11 is 0. The molecule has 46 heavy (non-hydrogen) atoms. The molecule has 0 atom stereocenters. The smallest absolute Gasteiger partial charge is 0.343 e. The van der Waals surface area contributed by atoms with Crippen LogP contribution in [-0.2, 0) is 0 Å². The zero-order chi connectivity index (χ0) is 32.9. The van der Waals surface area contributed by atoms with Gasteiger partial charge in [0, 0.05) is 6.54 Å². The quantitative estimate of drug-likeness (QED) is 0.0366. The van der Waals surface area contributed by atoms with Crippen molar-refractivity contribution in [1.29, 1.82) is 0 Å². The number of hydrogen-bond acceptors (Lipinski definition) is 4. The number of nitrogens with zero attached hydrogens (tertiary/aromatic N) is 1. The van der Waals surface area contributed by atoms with Crippen molar-refractivity contribution in [2.24, 2.45) is 5.92 Å². The third-order valence-electron chi connectivity index (χ3n) is 8.77. The van der Waals surface area contributed by atoms with Crippen LogP contribution in [0.4, 0.5) is 22.0 Å². The van der Waals surface area contributed by atoms with Gasteiger partial charge in [-0.15, -0.1) is 0 Å². The first-order valence-electron chi connectivity index (χ1n) is 16.6. The van der Waals surface area contributed by atoms with E-state index in [0.717, 1.165) is 42.4 Å². The molecule has 250 valence electrons. The van der Waals surface area contributed by atoms with Gasteiger partial charge in [0.25, 0.3) is 0 Å². The van der Waals surface area contributed by atoms with Crippen molar-refractivity contribution in [2.45, 2.75) is 84.0 Å². The molecule has 0 spiro atoms. The Hall–Kier alpha value is -3.46. The van der Waals surface area contributed by atoms with Crippen molar-refractivity contribution >= 4 is 5.97 Å². The normalized spacial score (nSPS) is 14.0. The first-order chi connectivity index (χ1) is 22.3. The van der Waals surface area contributed by atoms with Gasteiger partial charge in [-0.25, -0.2) is 18.0 Å². The van der Waals surface area contributed by atoms with Gasteiger partial charge >= 0.3 is 5.97 Å². The van der Waals surface area contributed by atoms with Gasteiger partial charge in [-0.3, -0.25) is 4.90 Å². The largest absolute Gasteiger partial charge is 0.492 e. The Kier molecular flexibility index (Phi) is 13.9. The number of esters is 1. The lowest BCUT2D eigenvalue weighted by molar-refractivity contribution is 0.0716. The van der Waals surface area contributed by atoms with Crippen LogP contribution < -0.4 is 9.47 Å². The number of carbonyl (C=O) groups excluding carboxylic acids is 1. The molecule has 0 bridgehead atoms. The second kappa shape index (κ2) is 18.0. The highest BCUT2D eigenvalue weighted by Crippen LogP contribution is 2.30. The second-order valence-corrected chi connectivity index (χ2v) is 12.1. The molecule has 1 heterocycles. The van der Waals surface area contributed by atoms with E-state index in [1.165, 1.54) is 89.2 Å². The molecule has 3 aromatic rings. The highest BCUT2D eigenvalue weighted by atomic mass is 19.2. The first kappa shape index (κ1) is 35.4. The molecule has 0 radical (unpaired) electrons. The molecular formula is C37H44F5NO3. The maximum absolute atomic E-state index is 13.9. The zero-order valence-electron chi connectivity index (χ0n) is 26.6. The Balaban J connectivity index is 1.14. The molecule has 0 unspecified atom stereocenters. The van der Waals surface area contributed by atoms with Gasteiger partial charge in [-0.2, -0.15) is 8.78 Å². The molecule has 9 heteroatoms. The zero-order valence-corrected chi connectivity index (χ0v) is 26.6. The predicted molar refractivity (Wildman–Crippen MR) is 170 cm³/mol. The number of hydrogen-bond donors (Lipinski definition) is 0. The number of carbonyl (C=O) groups is 1. The van der Waals surface area contributed by atoms with Crippen LogP contribution in [0.25, 0.3) is 11.1 Å². The number of ether oxygens (including phenoxy) is 2. The van der Waals surface area contributed by atoms with Crippen LogP contribution in [0.3, 0.4) is 0 Å². The third kappa shape index (κ3) is 10.0. The number of benzene rings is 3. The molecule has 3 aromatic carbocycles. The highest BCUT2D eigenvalue weighted by molar-refractivity contribution is 5.91. The lowest BCUT2D eigenvalue weighted by Crippen LogP contribution is -2.36. The van der Waals surface area contributed by atoms with Crippen LogP contribution >= 0.6 is 0 Å². The van der Waals surface area contributed by atoms with E-state index in [2.05, 4.69) is 16.6 Å². The summed E-state index contributed by atoms with van der Waals surface area (Å²) in [6.07, 6.45) is 16.3. The van der Waals surface area contributed by atoms with E-state index in [0.29, 0.717) is 6.61 Å². The van der Waals surface area contributed by atoms with Crippen molar-refractivity contribution in [3.05, 3.63) is 83.2 Å². The molecule has 0 aliphatic carbocycles. The van der Waals surface area contributed by atoms with Crippen molar-refractivity contribution in [1.82, 2.24) is 4.90 Å². The highest BCUT2D eigenvalue weighted by Gasteiger charge is 2.29. The number of unbranched alkanes of at least 4 members (excludes halogenated alkanes) is 8. The summed E-state index contributed by atoms with van der Waals surface area (Å²) in [5, 5.41) is 0. The number of halogens is 5. The fourth-order valence-corrected chi connectivity index (χ4v) is 5.90. The number of likely N-dealkylation sites (tertiary alicyclic amines) is 1. The van der Waals surface area contributed by atoms with Crippen molar-refractivity contribution in [3.8, 4) is 22.6 Å². The predicted octanol–water partition coefficient (Wildman–Crippen LogP) is 10.3. The molecule has 0 N–H and O–H groups in total.